The molecule has 0 atom stereocenters. The summed E-state index contributed by atoms with van der Waals surface area (Å²) < 4.78 is 4.93. The predicted octanol–water partition coefficient (Wildman–Crippen LogP) is 2.06. The van der Waals surface area contributed by atoms with Gasteiger partial charge < -0.3 is 10.1 Å². The highest BCUT2D eigenvalue weighted by atomic mass is 32.2. The number of carbonyl (C=O) groups is 2. The number of hydrogen-bond acceptors (Lipinski definition) is 6. The lowest BCUT2D eigenvalue weighted by atomic mass is 10.1. The summed E-state index contributed by atoms with van der Waals surface area (Å²) in [5, 5.41) is 12.4. The Morgan fingerprint density at radius 2 is 2.18 bits per heavy atom. The van der Waals surface area contributed by atoms with Crippen LogP contribution in [-0.2, 0) is 9.53 Å². The van der Waals surface area contributed by atoms with Crippen molar-refractivity contribution in [1.29, 1.82) is 5.26 Å². The van der Waals surface area contributed by atoms with Gasteiger partial charge in [-0.25, -0.2) is 9.78 Å². The maximum Gasteiger partial charge on any atom is 0.340 e. The van der Waals surface area contributed by atoms with Crippen LogP contribution in [0.25, 0.3) is 0 Å². The normalized spacial score (nSPS) is 10.2. The van der Waals surface area contributed by atoms with Gasteiger partial charge in [0.05, 0.1) is 29.2 Å². The molecule has 0 fully saturated rings. The Kier molecular flexibility index (Phi) is 6.86. The van der Waals surface area contributed by atoms with Crippen LogP contribution < -0.4 is 5.32 Å². The van der Waals surface area contributed by atoms with Gasteiger partial charge in [0, 0.05) is 6.04 Å². The molecule has 0 unspecified atom stereocenters. The van der Waals surface area contributed by atoms with Crippen molar-refractivity contribution < 1.29 is 14.3 Å². The van der Waals surface area contributed by atoms with Crippen molar-refractivity contribution in [2.24, 2.45) is 0 Å². The molecule has 1 aromatic heterocycles. The molecule has 1 N–H and O–H groups in total. The van der Waals surface area contributed by atoms with Crippen LogP contribution >= 0.6 is 11.8 Å². The van der Waals surface area contributed by atoms with Crippen LogP contribution in [0.1, 0.15) is 42.4 Å². The summed E-state index contributed by atoms with van der Waals surface area (Å²) in [6.45, 7) is 7.39. The third-order valence-electron chi connectivity index (χ3n) is 2.58. The first-order valence-corrected chi connectivity index (χ1v) is 7.88. The summed E-state index contributed by atoms with van der Waals surface area (Å²) in [7, 11) is 0. The Morgan fingerprint density at radius 1 is 1.50 bits per heavy atom. The fraction of sp³-hybridized carbons (Fsp3) is 0.467. The number of rotatable bonds is 6. The average Bonchev–Trinajstić information content (AvgIpc) is 2.44. The molecule has 0 aliphatic carbocycles. The first kappa shape index (κ1) is 18.0. The summed E-state index contributed by atoms with van der Waals surface area (Å²) in [6.07, 6.45) is 0. The first-order chi connectivity index (χ1) is 10.4. The minimum atomic E-state index is -0.502. The minimum absolute atomic E-state index is 0.0597. The molecule has 1 rings (SSSR count). The van der Waals surface area contributed by atoms with E-state index in [1.807, 2.05) is 19.9 Å². The molecule has 0 aromatic carbocycles. The summed E-state index contributed by atoms with van der Waals surface area (Å²) in [5.74, 6) is -0.464. The van der Waals surface area contributed by atoms with E-state index in [1.165, 1.54) is 17.8 Å². The number of pyridine rings is 1. The summed E-state index contributed by atoms with van der Waals surface area (Å²) in [5.41, 5.74) is 1.01. The zero-order valence-electron chi connectivity index (χ0n) is 13.1. The second-order valence-corrected chi connectivity index (χ2v) is 5.78. The van der Waals surface area contributed by atoms with Crippen molar-refractivity contribution in [3.63, 3.8) is 0 Å². The highest BCUT2D eigenvalue weighted by molar-refractivity contribution is 8.00. The molecular weight excluding hydrogens is 302 g/mol. The summed E-state index contributed by atoms with van der Waals surface area (Å²) >= 11 is 1.17. The molecule has 7 heteroatoms. The lowest BCUT2D eigenvalue weighted by molar-refractivity contribution is -0.119. The summed E-state index contributed by atoms with van der Waals surface area (Å²) in [6, 6.07) is 3.52. The number of esters is 1. The van der Waals surface area contributed by atoms with E-state index in [-0.39, 0.29) is 35.4 Å². The van der Waals surface area contributed by atoms with E-state index < -0.39 is 5.97 Å². The van der Waals surface area contributed by atoms with Crippen LogP contribution in [-0.4, -0.2) is 35.3 Å². The van der Waals surface area contributed by atoms with E-state index in [2.05, 4.69) is 10.3 Å². The largest absolute Gasteiger partial charge is 0.462 e. The van der Waals surface area contributed by atoms with E-state index >= 15 is 0 Å². The number of thioether (sulfide) groups is 1. The molecule has 0 bridgehead atoms. The van der Waals surface area contributed by atoms with Crippen molar-refractivity contribution in [3.05, 3.63) is 22.9 Å². The van der Waals surface area contributed by atoms with Crippen LogP contribution in [0.5, 0.6) is 0 Å². The van der Waals surface area contributed by atoms with Gasteiger partial charge in [0.25, 0.3) is 0 Å². The lowest BCUT2D eigenvalue weighted by Gasteiger charge is -2.10. The number of carbonyl (C=O) groups excluding carboxylic acids is 2. The Balaban J connectivity index is 2.93. The molecule has 6 nitrogen and oxygen atoms in total. The highest BCUT2D eigenvalue weighted by Crippen LogP contribution is 2.23. The van der Waals surface area contributed by atoms with E-state index in [9.17, 15) is 14.9 Å². The molecule has 0 radical (unpaired) electrons. The first-order valence-electron chi connectivity index (χ1n) is 6.90. The highest BCUT2D eigenvalue weighted by Gasteiger charge is 2.17. The lowest BCUT2D eigenvalue weighted by Crippen LogP contribution is -2.31. The number of nitrogens with one attached hydrogen (secondary N) is 1. The zero-order valence-corrected chi connectivity index (χ0v) is 13.9. The average molecular weight is 321 g/mol. The number of hydrogen-bond donors (Lipinski definition) is 1. The standard InChI is InChI=1S/C15H19N3O3S/c1-5-21-15(20)12-6-11(7-16)14(18-10(12)4)22-8-13(19)17-9(2)3/h6,9H,5,8H2,1-4H3,(H,17,19). The Bertz CT molecular complexity index is 609. The molecule has 0 saturated heterocycles. The van der Waals surface area contributed by atoms with Gasteiger partial charge >= 0.3 is 5.97 Å². The fourth-order valence-electron chi connectivity index (χ4n) is 1.69. The van der Waals surface area contributed by atoms with Crippen LogP contribution in [0, 0.1) is 18.3 Å². The number of aryl methyl sites for hydroxylation is 1. The molecule has 0 aliphatic heterocycles. The van der Waals surface area contributed by atoms with Crippen molar-refractivity contribution in [2.45, 2.75) is 38.8 Å². The predicted molar refractivity (Wildman–Crippen MR) is 83.6 cm³/mol. The van der Waals surface area contributed by atoms with Crippen molar-refractivity contribution in [2.75, 3.05) is 12.4 Å². The fourth-order valence-corrected chi connectivity index (χ4v) is 2.50. The maximum absolute atomic E-state index is 11.8. The third kappa shape index (κ3) is 5.04. The number of aromatic nitrogens is 1. The van der Waals surface area contributed by atoms with Crippen LogP contribution in [0.4, 0.5) is 0 Å². The second-order valence-electron chi connectivity index (χ2n) is 4.82. The van der Waals surface area contributed by atoms with E-state index in [1.54, 1.807) is 13.8 Å². The topological polar surface area (TPSA) is 92.1 Å². The zero-order chi connectivity index (χ0) is 16.7. The van der Waals surface area contributed by atoms with Crippen LogP contribution in [0.2, 0.25) is 0 Å². The second kappa shape index (κ2) is 8.39. The van der Waals surface area contributed by atoms with Gasteiger partial charge in [-0.1, -0.05) is 11.8 Å². The number of nitrogens with zero attached hydrogens (tertiary/aromatic N) is 2. The van der Waals surface area contributed by atoms with Gasteiger partial charge in [-0.3, -0.25) is 4.79 Å². The van der Waals surface area contributed by atoms with E-state index in [4.69, 9.17) is 4.74 Å². The quantitative estimate of drug-likeness (QED) is 0.637. The molecule has 0 spiro atoms. The SMILES string of the molecule is CCOC(=O)c1cc(C#N)c(SCC(=O)NC(C)C)nc1C. The Morgan fingerprint density at radius 3 is 2.73 bits per heavy atom. The van der Waals surface area contributed by atoms with Crippen LogP contribution in [0.3, 0.4) is 0 Å². The van der Waals surface area contributed by atoms with Gasteiger partial charge in [0.1, 0.15) is 11.1 Å². The van der Waals surface area contributed by atoms with Crippen molar-refractivity contribution in [1.82, 2.24) is 10.3 Å². The van der Waals surface area contributed by atoms with Gasteiger partial charge in [0.2, 0.25) is 5.91 Å². The van der Waals surface area contributed by atoms with Crippen molar-refractivity contribution in [3.8, 4) is 6.07 Å². The van der Waals surface area contributed by atoms with Gasteiger partial charge in [-0.2, -0.15) is 5.26 Å². The van der Waals surface area contributed by atoms with Crippen molar-refractivity contribution >= 4 is 23.6 Å². The third-order valence-corrected chi connectivity index (χ3v) is 3.57. The molecule has 1 amide bonds. The molecule has 118 valence electrons. The Hall–Kier alpha value is -2.07. The Labute approximate surface area is 134 Å². The van der Waals surface area contributed by atoms with Gasteiger partial charge in [-0.15, -0.1) is 0 Å². The number of nitriles is 1. The molecule has 22 heavy (non-hydrogen) atoms. The molecule has 0 saturated carbocycles. The molecule has 1 heterocycles. The monoisotopic (exact) mass is 321 g/mol. The van der Waals surface area contributed by atoms with E-state index in [0.717, 1.165) is 0 Å². The maximum atomic E-state index is 11.8. The van der Waals surface area contributed by atoms with Crippen LogP contribution in [0.15, 0.2) is 11.1 Å². The molecule has 0 aliphatic rings. The molecular formula is C15H19N3O3S. The van der Waals surface area contributed by atoms with E-state index in [0.29, 0.717) is 10.7 Å². The molecule has 1 aromatic rings. The smallest absolute Gasteiger partial charge is 0.340 e. The number of ether oxygens (including phenoxy) is 1. The van der Waals surface area contributed by atoms with Gasteiger partial charge in [0.15, 0.2) is 0 Å². The van der Waals surface area contributed by atoms with Gasteiger partial charge in [-0.05, 0) is 33.8 Å². The summed E-state index contributed by atoms with van der Waals surface area (Å²) in [4.78, 5) is 27.7. The minimum Gasteiger partial charge on any atom is -0.462 e. The number of amides is 1.